The largest absolute Gasteiger partial charge is 0.374 e. The third-order valence-corrected chi connectivity index (χ3v) is 5.55. The first-order chi connectivity index (χ1) is 14.9. The maximum atomic E-state index is 3.81. The molecule has 5 rings (SSSR count). The molecule has 144 valence electrons. The van der Waals surface area contributed by atoms with Crippen molar-refractivity contribution >= 4 is 16.5 Å². The highest BCUT2D eigenvalue weighted by Crippen LogP contribution is 2.34. The van der Waals surface area contributed by atoms with Crippen molar-refractivity contribution in [2.24, 2.45) is 0 Å². The minimum Gasteiger partial charge on any atom is -0.374 e. The van der Waals surface area contributed by atoms with Gasteiger partial charge in [0.05, 0.1) is 6.04 Å². The lowest BCUT2D eigenvalue weighted by Gasteiger charge is -2.24. The molecule has 1 atom stereocenters. The first-order valence-electron chi connectivity index (χ1n) is 10.3. The van der Waals surface area contributed by atoms with Crippen LogP contribution in [0.25, 0.3) is 21.9 Å². The van der Waals surface area contributed by atoms with Crippen LogP contribution in [0, 0.1) is 0 Å². The minimum absolute atomic E-state index is 0.0452. The average Bonchev–Trinajstić information content (AvgIpc) is 2.83. The van der Waals surface area contributed by atoms with Gasteiger partial charge in [-0.05, 0) is 45.2 Å². The van der Waals surface area contributed by atoms with Gasteiger partial charge in [0.2, 0.25) is 0 Å². The van der Waals surface area contributed by atoms with Crippen LogP contribution in [0.5, 0.6) is 0 Å². The molecule has 0 bridgehead atoms. The number of hydrogen-bond acceptors (Lipinski definition) is 1. The number of anilines is 1. The van der Waals surface area contributed by atoms with Crippen LogP contribution in [0.4, 0.5) is 5.69 Å². The van der Waals surface area contributed by atoms with Crippen LogP contribution in [-0.2, 0) is 0 Å². The summed E-state index contributed by atoms with van der Waals surface area (Å²) in [6.07, 6.45) is 0. The Kier molecular flexibility index (Phi) is 5.01. The molecule has 0 unspecified atom stereocenters. The lowest BCUT2D eigenvalue weighted by Crippen LogP contribution is -2.13. The Morgan fingerprint density at radius 1 is 0.500 bits per heavy atom. The monoisotopic (exact) mass is 385 g/mol. The summed E-state index contributed by atoms with van der Waals surface area (Å²) in [5.74, 6) is 0. The van der Waals surface area contributed by atoms with E-state index in [1.165, 1.54) is 33.0 Å². The molecule has 0 saturated heterocycles. The van der Waals surface area contributed by atoms with Crippen LogP contribution >= 0.6 is 0 Å². The van der Waals surface area contributed by atoms with Gasteiger partial charge in [0.15, 0.2) is 0 Å². The summed E-state index contributed by atoms with van der Waals surface area (Å²) >= 11 is 0. The highest BCUT2D eigenvalue weighted by molar-refractivity contribution is 5.86. The molecule has 5 aromatic carbocycles. The lowest BCUT2D eigenvalue weighted by atomic mass is 9.90. The smallest absolute Gasteiger partial charge is 0.0773 e. The van der Waals surface area contributed by atoms with Crippen LogP contribution in [0.15, 0.2) is 127 Å². The lowest BCUT2D eigenvalue weighted by molar-refractivity contribution is 0.942. The molecule has 1 N–H and O–H groups in total. The summed E-state index contributed by atoms with van der Waals surface area (Å²) in [6.45, 7) is 0. The number of hydrogen-bond donors (Lipinski definition) is 1. The normalized spacial score (nSPS) is 11.9. The van der Waals surface area contributed by atoms with Gasteiger partial charge in [-0.15, -0.1) is 0 Å². The second-order valence-corrected chi connectivity index (χ2v) is 7.50. The standard InChI is InChI=1S/C29H23N/c1-3-12-23(13-4-1)27-17-9-10-18-28(27)29(24-14-5-2-6-15-24)30-26-20-19-22-11-7-8-16-25(22)21-26/h1-21,29-30H/t29-/m0/s1. The first kappa shape index (κ1) is 18.2. The van der Waals surface area contributed by atoms with Gasteiger partial charge in [-0.25, -0.2) is 0 Å². The fourth-order valence-corrected chi connectivity index (χ4v) is 4.06. The molecule has 30 heavy (non-hydrogen) atoms. The van der Waals surface area contributed by atoms with Crippen molar-refractivity contribution in [3.63, 3.8) is 0 Å². The summed E-state index contributed by atoms with van der Waals surface area (Å²) in [4.78, 5) is 0. The van der Waals surface area contributed by atoms with Gasteiger partial charge in [0, 0.05) is 5.69 Å². The van der Waals surface area contributed by atoms with Crippen molar-refractivity contribution in [2.75, 3.05) is 5.32 Å². The summed E-state index contributed by atoms with van der Waals surface area (Å²) in [5.41, 5.74) is 6.11. The fraction of sp³-hybridized carbons (Fsp3) is 0.0345. The van der Waals surface area contributed by atoms with E-state index < -0.39 is 0 Å². The second kappa shape index (κ2) is 8.26. The topological polar surface area (TPSA) is 12.0 Å². The molecule has 1 nitrogen and oxygen atoms in total. The van der Waals surface area contributed by atoms with Crippen LogP contribution in [0.3, 0.4) is 0 Å². The fourth-order valence-electron chi connectivity index (χ4n) is 4.06. The van der Waals surface area contributed by atoms with Gasteiger partial charge < -0.3 is 5.32 Å². The first-order valence-corrected chi connectivity index (χ1v) is 10.3. The van der Waals surface area contributed by atoms with Crippen LogP contribution in [0.1, 0.15) is 17.2 Å². The third-order valence-electron chi connectivity index (χ3n) is 5.55. The van der Waals surface area contributed by atoms with Crippen molar-refractivity contribution in [3.05, 3.63) is 139 Å². The van der Waals surface area contributed by atoms with E-state index in [1.54, 1.807) is 0 Å². The molecule has 0 heterocycles. The molecule has 0 aliphatic heterocycles. The van der Waals surface area contributed by atoms with Gasteiger partial charge in [-0.1, -0.05) is 115 Å². The highest BCUT2D eigenvalue weighted by atomic mass is 14.9. The molecule has 1 heteroatoms. The van der Waals surface area contributed by atoms with Crippen molar-refractivity contribution in [2.45, 2.75) is 6.04 Å². The van der Waals surface area contributed by atoms with E-state index in [0.29, 0.717) is 0 Å². The average molecular weight is 386 g/mol. The van der Waals surface area contributed by atoms with Crippen LogP contribution < -0.4 is 5.32 Å². The van der Waals surface area contributed by atoms with Crippen LogP contribution in [-0.4, -0.2) is 0 Å². The van der Waals surface area contributed by atoms with Crippen LogP contribution in [0.2, 0.25) is 0 Å². The predicted octanol–water partition coefficient (Wildman–Crippen LogP) is 7.71. The molecule has 0 aromatic heterocycles. The Morgan fingerprint density at radius 3 is 1.93 bits per heavy atom. The maximum Gasteiger partial charge on any atom is 0.0773 e. The van der Waals surface area contributed by atoms with Gasteiger partial charge in [0.25, 0.3) is 0 Å². The molecule has 0 aliphatic rings. The molecule has 0 saturated carbocycles. The second-order valence-electron chi connectivity index (χ2n) is 7.50. The van der Waals surface area contributed by atoms with Gasteiger partial charge in [-0.3, -0.25) is 0 Å². The summed E-state index contributed by atoms with van der Waals surface area (Å²) < 4.78 is 0. The van der Waals surface area contributed by atoms with E-state index >= 15 is 0 Å². The molecule has 0 amide bonds. The van der Waals surface area contributed by atoms with E-state index in [2.05, 4.69) is 133 Å². The molecule has 0 fully saturated rings. The Bertz CT molecular complexity index is 1260. The highest BCUT2D eigenvalue weighted by Gasteiger charge is 2.18. The van der Waals surface area contributed by atoms with Crippen molar-refractivity contribution < 1.29 is 0 Å². The Morgan fingerprint density at radius 2 is 1.13 bits per heavy atom. The number of fused-ring (bicyclic) bond motifs is 1. The minimum atomic E-state index is 0.0452. The van der Waals surface area contributed by atoms with E-state index in [9.17, 15) is 0 Å². The molecule has 0 radical (unpaired) electrons. The summed E-state index contributed by atoms with van der Waals surface area (Å²) in [7, 11) is 0. The zero-order chi connectivity index (χ0) is 20.2. The van der Waals surface area contributed by atoms with E-state index in [0.717, 1.165) is 5.69 Å². The zero-order valence-corrected chi connectivity index (χ0v) is 16.7. The van der Waals surface area contributed by atoms with E-state index in [4.69, 9.17) is 0 Å². The molecule has 5 aromatic rings. The quantitative estimate of drug-likeness (QED) is 0.327. The molecular formula is C29H23N. The molecular weight excluding hydrogens is 362 g/mol. The Hall–Kier alpha value is -3.84. The number of rotatable bonds is 5. The van der Waals surface area contributed by atoms with Crippen molar-refractivity contribution in [1.29, 1.82) is 0 Å². The van der Waals surface area contributed by atoms with Gasteiger partial charge in [0.1, 0.15) is 0 Å². The Labute approximate surface area is 177 Å². The van der Waals surface area contributed by atoms with Crippen molar-refractivity contribution in [1.82, 2.24) is 0 Å². The third kappa shape index (κ3) is 3.70. The van der Waals surface area contributed by atoms with E-state index in [1.807, 2.05) is 0 Å². The van der Waals surface area contributed by atoms with Gasteiger partial charge in [-0.2, -0.15) is 0 Å². The predicted molar refractivity (Wildman–Crippen MR) is 128 cm³/mol. The van der Waals surface area contributed by atoms with Gasteiger partial charge >= 0.3 is 0 Å². The van der Waals surface area contributed by atoms with Crippen molar-refractivity contribution in [3.8, 4) is 11.1 Å². The number of benzene rings is 5. The molecule has 0 spiro atoms. The SMILES string of the molecule is c1ccc(-c2ccccc2[C@@H](Nc2ccc3ccccc3c2)c2ccccc2)cc1. The molecule has 0 aliphatic carbocycles. The Balaban J connectivity index is 1.62. The number of nitrogens with one attached hydrogen (secondary N) is 1. The zero-order valence-electron chi connectivity index (χ0n) is 16.7. The maximum absolute atomic E-state index is 3.81. The summed E-state index contributed by atoms with van der Waals surface area (Å²) in [6, 6.07) is 45.1. The summed E-state index contributed by atoms with van der Waals surface area (Å²) in [5, 5.41) is 6.31. The van der Waals surface area contributed by atoms with E-state index in [-0.39, 0.29) is 6.04 Å².